The van der Waals surface area contributed by atoms with Gasteiger partial charge in [0.1, 0.15) is 13.2 Å². The second-order valence-corrected chi connectivity index (χ2v) is 18.8. The first kappa shape index (κ1) is 63.8. The SMILES string of the molecule is CC/C=C\C/C=C\C/C=C\C/C=C\CCC(=O)OC(COC(=O)CCCCCCCCCCC)COC(=O)CCCCCCCCCCCCCCCCC/C=C\C/C=C\CCCCCCC. The van der Waals surface area contributed by atoms with E-state index in [1.54, 1.807) is 0 Å². The quantitative estimate of drug-likeness (QED) is 0.0262. The van der Waals surface area contributed by atoms with E-state index in [1.807, 2.05) is 12.2 Å². The summed E-state index contributed by atoms with van der Waals surface area (Å²) in [5.74, 6) is -0.981. The number of esters is 3. The van der Waals surface area contributed by atoms with Crippen molar-refractivity contribution in [3.8, 4) is 0 Å². The topological polar surface area (TPSA) is 78.9 Å². The number of carbonyl (C=O) groups is 3. The molecule has 6 heteroatoms. The van der Waals surface area contributed by atoms with Gasteiger partial charge in [-0.15, -0.1) is 0 Å². The van der Waals surface area contributed by atoms with Crippen molar-refractivity contribution >= 4 is 17.9 Å². The van der Waals surface area contributed by atoms with Crippen molar-refractivity contribution in [3.63, 3.8) is 0 Å². The molecule has 1 atom stereocenters. The van der Waals surface area contributed by atoms with Crippen LogP contribution in [-0.4, -0.2) is 37.2 Å². The molecule has 0 bridgehead atoms. The van der Waals surface area contributed by atoms with Gasteiger partial charge < -0.3 is 14.2 Å². The summed E-state index contributed by atoms with van der Waals surface area (Å²) in [6, 6.07) is 0. The van der Waals surface area contributed by atoms with Crippen molar-refractivity contribution in [2.24, 2.45) is 0 Å². The molecule has 0 radical (unpaired) electrons. The summed E-state index contributed by atoms with van der Waals surface area (Å²) in [5.41, 5.74) is 0. The molecule has 0 N–H and O–H groups in total. The Morgan fingerprint density at radius 2 is 0.612 bits per heavy atom. The van der Waals surface area contributed by atoms with E-state index < -0.39 is 6.10 Å². The summed E-state index contributed by atoms with van der Waals surface area (Å²) in [4.78, 5) is 37.9. The predicted molar refractivity (Wildman–Crippen MR) is 288 cm³/mol. The van der Waals surface area contributed by atoms with Crippen LogP contribution in [-0.2, 0) is 28.6 Å². The van der Waals surface area contributed by atoms with Crippen LogP contribution in [0.5, 0.6) is 0 Å². The number of unbranched alkanes of at least 4 members (excludes halogenated alkanes) is 28. The first-order valence-electron chi connectivity index (χ1n) is 28.4. The third-order valence-corrected chi connectivity index (χ3v) is 12.2. The van der Waals surface area contributed by atoms with Crippen LogP contribution in [0.3, 0.4) is 0 Å². The molecule has 0 aliphatic heterocycles. The molecular formula is C61H106O6. The monoisotopic (exact) mass is 935 g/mol. The lowest BCUT2D eigenvalue weighted by atomic mass is 10.0. The third kappa shape index (κ3) is 53.7. The average molecular weight is 936 g/mol. The van der Waals surface area contributed by atoms with Gasteiger partial charge in [0, 0.05) is 19.3 Å². The van der Waals surface area contributed by atoms with Crippen molar-refractivity contribution in [1.29, 1.82) is 0 Å². The van der Waals surface area contributed by atoms with Crippen LogP contribution >= 0.6 is 0 Å². The van der Waals surface area contributed by atoms with E-state index in [0.29, 0.717) is 19.3 Å². The maximum Gasteiger partial charge on any atom is 0.306 e. The Bertz CT molecular complexity index is 1260. The second kappa shape index (κ2) is 55.4. The average Bonchev–Trinajstić information content (AvgIpc) is 3.33. The van der Waals surface area contributed by atoms with Crippen LogP contribution < -0.4 is 0 Å². The molecule has 1 unspecified atom stereocenters. The highest BCUT2D eigenvalue weighted by Crippen LogP contribution is 2.16. The highest BCUT2D eigenvalue weighted by Gasteiger charge is 2.19. The van der Waals surface area contributed by atoms with Crippen molar-refractivity contribution in [2.45, 2.75) is 284 Å². The fourth-order valence-corrected chi connectivity index (χ4v) is 7.96. The van der Waals surface area contributed by atoms with E-state index >= 15 is 0 Å². The van der Waals surface area contributed by atoms with Gasteiger partial charge in [-0.1, -0.05) is 254 Å². The van der Waals surface area contributed by atoms with E-state index in [-0.39, 0.29) is 37.5 Å². The largest absolute Gasteiger partial charge is 0.462 e. The van der Waals surface area contributed by atoms with Crippen molar-refractivity contribution in [1.82, 2.24) is 0 Å². The number of hydrogen-bond donors (Lipinski definition) is 0. The van der Waals surface area contributed by atoms with Gasteiger partial charge in [0.15, 0.2) is 6.10 Å². The highest BCUT2D eigenvalue weighted by molar-refractivity contribution is 5.71. The molecule has 0 rings (SSSR count). The van der Waals surface area contributed by atoms with Gasteiger partial charge >= 0.3 is 17.9 Å². The lowest BCUT2D eigenvalue weighted by molar-refractivity contribution is -0.166. The van der Waals surface area contributed by atoms with Gasteiger partial charge in [0.05, 0.1) is 0 Å². The molecular weight excluding hydrogens is 829 g/mol. The van der Waals surface area contributed by atoms with Crippen LogP contribution in [0.4, 0.5) is 0 Å². The number of carbonyl (C=O) groups excluding carboxylic acids is 3. The molecule has 0 aromatic rings. The van der Waals surface area contributed by atoms with E-state index in [4.69, 9.17) is 14.2 Å². The van der Waals surface area contributed by atoms with E-state index in [2.05, 4.69) is 81.5 Å². The van der Waals surface area contributed by atoms with Crippen LogP contribution in [0.25, 0.3) is 0 Å². The first-order valence-corrected chi connectivity index (χ1v) is 28.4. The molecule has 386 valence electrons. The van der Waals surface area contributed by atoms with Crippen molar-refractivity contribution < 1.29 is 28.6 Å². The Morgan fingerprint density at radius 1 is 0.313 bits per heavy atom. The fourth-order valence-electron chi connectivity index (χ4n) is 7.96. The van der Waals surface area contributed by atoms with E-state index in [9.17, 15) is 14.4 Å². The summed E-state index contributed by atoms with van der Waals surface area (Å²) >= 11 is 0. The van der Waals surface area contributed by atoms with Crippen LogP contribution in [0.15, 0.2) is 72.9 Å². The van der Waals surface area contributed by atoms with Gasteiger partial charge in [-0.05, 0) is 77.0 Å². The molecule has 6 nitrogen and oxygen atoms in total. The summed E-state index contributed by atoms with van der Waals surface area (Å²) in [5, 5.41) is 0. The number of allylic oxidation sites excluding steroid dienone is 12. The van der Waals surface area contributed by atoms with Crippen LogP contribution in [0.1, 0.15) is 278 Å². The predicted octanol–water partition coefficient (Wildman–Crippen LogP) is 19.0. The molecule has 67 heavy (non-hydrogen) atoms. The Morgan fingerprint density at radius 3 is 0.970 bits per heavy atom. The summed E-state index contributed by atoms with van der Waals surface area (Å²) < 4.78 is 16.7. The molecule has 0 aliphatic rings. The van der Waals surface area contributed by atoms with E-state index in [0.717, 1.165) is 70.6 Å². The molecule has 0 aromatic carbocycles. The van der Waals surface area contributed by atoms with Crippen molar-refractivity contribution in [2.75, 3.05) is 13.2 Å². The van der Waals surface area contributed by atoms with Crippen molar-refractivity contribution in [3.05, 3.63) is 72.9 Å². The summed E-state index contributed by atoms with van der Waals surface area (Å²) in [6.07, 6.45) is 70.8. The number of hydrogen-bond acceptors (Lipinski definition) is 6. The highest BCUT2D eigenvalue weighted by atomic mass is 16.6. The molecule has 0 saturated heterocycles. The lowest BCUT2D eigenvalue weighted by Gasteiger charge is -2.18. The zero-order chi connectivity index (χ0) is 48.6. The Labute approximate surface area is 414 Å². The Kier molecular flexibility index (Phi) is 52.8. The van der Waals surface area contributed by atoms with E-state index in [1.165, 1.54) is 161 Å². The number of rotatable bonds is 51. The Hall–Kier alpha value is -3.15. The molecule has 0 aromatic heterocycles. The molecule has 0 heterocycles. The normalized spacial score (nSPS) is 12.6. The zero-order valence-corrected chi connectivity index (χ0v) is 44.2. The molecule has 0 saturated carbocycles. The maximum absolute atomic E-state index is 12.7. The Balaban J connectivity index is 4.18. The van der Waals surface area contributed by atoms with Gasteiger partial charge in [0.2, 0.25) is 0 Å². The smallest absolute Gasteiger partial charge is 0.306 e. The minimum Gasteiger partial charge on any atom is -0.462 e. The summed E-state index contributed by atoms with van der Waals surface area (Å²) in [6.45, 7) is 6.44. The van der Waals surface area contributed by atoms with Gasteiger partial charge in [-0.2, -0.15) is 0 Å². The second-order valence-electron chi connectivity index (χ2n) is 18.8. The maximum atomic E-state index is 12.7. The van der Waals surface area contributed by atoms with Gasteiger partial charge in [-0.25, -0.2) is 0 Å². The third-order valence-electron chi connectivity index (χ3n) is 12.2. The number of ether oxygens (including phenoxy) is 3. The molecule has 0 amide bonds. The first-order chi connectivity index (χ1) is 33.0. The van der Waals surface area contributed by atoms with Crippen LogP contribution in [0, 0.1) is 0 Å². The molecule has 0 fully saturated rings. The summed E-state index contributed by atoms with van der Waals surface area (Å²) in [7, 11) is 0. The molecule has 0 aliphatic carbocycles. The zero-order valence-electron chi connectivity index (χ0n) is 44.2. The standard InChI is InChI=1S/C61H106O6/c1-4-7-10-13-16-19-21-23-24-25-26-27-28-29-30-31-32-33-34-35-36-38-39-42-45-48-51-54-60(63)66-57-58(56-65-59(62)53-50-47-44-41-18-15-12-9-6-3)67-61(64)55-52-49-46-43-40-37-22-20-17-14-11-8-5-2/h8,11,17,20-21,23,25-26,37,40,46,49,58H,4-7,9-10,12-16,18-19,22,24,27-36,38-39,41-45,47-48,50-57H2,1-3H3/b11-8-,20-17-,23-21-,26-25-,40-37-,49-46-. The molecule has 0 spiro atoms. The van der Waals surface area contributed by atoms with Gasteiger partial charge in [0.25, 0.3) is 0 Å². The minimum absolute atomic E-state index is 0.102. The van der Waals surface area contributed by atoms with Gasteiger partial charge in [-0.3, -0.25) is 14.4 Å². The fraction of sp³-hybridized carbons (Fsp3) is 0.754. The van der Waals surface area contributed by atoms with Crippen LogP contribution in [0.2, 0.25) is 0 Å². The lowest BCUT2D eigenvalue weighted by Crippen LogP contribution is -2.30. The minimum atomic E-state index is -0.809.